The third-order valence-corrected chi connectivity index (χ3v) is 5.05. The third-order valence-electron chi connectivity index (χ3n) is 3.08. The molecule has 0 saturated carbocycles. The number of anilines is 1. The minimum absolute atomic E-state index is 0.145. The monoisotopic (exact) mass is 376 g/mol. The summed E-state index contributed by atoms with van der Waals surface area (Å²) in [7, 11) is -3.30. The van der Waals surface area contributed by atoms with E-state index in [0.29, 0.717) is 18.2 Å². The molecule has 0 aliphatic carbocycles. The molecule has 2 N–H and O–H groups in total. The second-order valence-electron chi connectivity index (χ2n) is 5.68. The number of rotatable bonds is 8. The highest BCUT2D eigenvalue weighted by Gasteiger charge is 2.14. The molecule has 0 aromatic heterocycles. The van der Waals surface area contributed by atoms with Gasteiger partial charge in [-0.15, -0.1) is 0 Å². The number of hydrogen-bond acceptors (Lipinski definition) is 3. The van der Waals surface area contributed by atoms with E-state index in [2.05, 4.69) is 39.8 Å². The maximum atomic E-state index is 12.1. The molecule has 21 heavy (non-hydrogen) atoms. The van der Waals surface area contributed by atoms with Crippen molar-refractivity contribution in [2.75, 3.05) is 17.0 Å². The van der Waals surface area contributed by atoms with E-state index in [1.807, 2.05) is 26.0 Å². The molecule has 0 aliphatic heterocycles. The molecule has 1 rings (SSSR count). The Hall–Kier alpha value is -0.590. The summed E-state index contributed by atoms with van der Waals surface area (Å²) in [5.74, 6) is 0.145. The van der Waals surface area contributed by atoms with Crippen molar-refractivity contribution in [1.29, 1.82) is 0 Å². The van der Waals surface area contributed by atoms with Gasteiger partial charge in [0.1, 0.15) is 0 Å². The minimum Gasteiger partial charge on any atom is -0.315 e. The molecular weight excluding hydrogens is 352 g/mol. The lowest BCUT2D eigenvalue weighted by atomic mass is 10.1. The fourth-order valence-electron chi connectivity index (χ4n) is 2.06. The lowest BCUT2D eigenvalue weighted by Crippen LogP contribution is -2.24. The van der Waals surface area contributed by atoms with Crippen LogP contribution in [0.15, 0.2) is 16.6 Å². The van der Waals surface area contributed by atoms with Crippen LogP contribution >= 0.6 is 15.9 Å². The molecule has 0 amide bonds. The first kappa shape index (κ1) is 18.5. The maximum absolute atomic E-state index is 12.1. The van der Waals surface area contributed by atoms with Gasteiger partial charge in [-0.3, -0.25) is 4.72 Å². The van der Waals surface area contributed by atoms with Crippen LogP contribution in [0.1, 0.15) is 37.8 Å². The highest BCUT2D eigenvalue weighted by molar-refractivity contribution is 9.10. The molecular formula is C15H25BrN2O2S. The Morgan fingerprint density at radius 2 is 1.86 bits per heavy atom. The second-order valence-corrected chi connectivity index (χ2v) is 8.37. The number of benzene rings is 1. The van der Waals surface area contributed by atoms with Crippen molar-refractivity contribution >= 4 is 31.6 Å². The smallest absolute Gasteiger partial charge is 0.232 e. The van der Waals surface area contributed by atoms with Gasteiger partial charge < -0.3 is 5.32 Å². The molecule has 0 spiro atoms. The van der Waals surface area contributed by atoms with Crippen LogP contribution in [-0.2, 0) is 10.0 Å². The minimum atomic E-state index is -3.30. The van der Waals surface area contributed by atoms with Gasteiger partial charge in [0.25, 0.3) is 0 Å². The summed E-state index contributed by atoms with van der Waals surface area (Å²) in [5.41, 5.74) is 2.66. The van der Waals surface area contributed by atoms with Gasteiger partial charge in [0.05, 0.1) is 11.4 Å². The van der Waals surface area contributed by atoms with Gasteiger partial charge in [0.2, 0.25) is 10.0 Å². The molecule has 0 saturated heterocycles. The third kappa shape index (κ3) is 6.80. The number of sulfonamides is 1. The van der Waals surface area contributed by atoms with Crippen molar-refractivity contribution in [3.63, 3.8) is 0 Å². The molecule has 0 bridgehead atoms. The molecule has 0 fully saturated rings. The number of halogens is 1. The van der Waals surface area contributed by atoms with E-state index in [9.17, 15) is 8.42 Å². The Morgan fingerprint density at radius 1 is 1.19 bits per heavy atom. The lowest BCUT2D eigenvalue weighted by molar-refractivity contribution is 0.561. The van der Waals surface area contributed by atoms with Crippen LogP contribution in [0, 0.1) is 13.8 Å². The topological polar surface area (TPSA) is 58.2 Å². The van der Waals surface area contributed by atoms with E-state index in [1.54, 1.807) is 0 Å². The summed E-state index contributed by atoms with van der Waals surface area (Å²) in [6, 6.07) is 4.32. The van der Waals surface area contributed by atoms with E-state index in [-0.39, 0.29) is 5.75 Å². The Balaban J connectivity index is 2.57. The maximum Gasteiger partial charge on any atom is 0.232 e. The molecule has 0 aliphatic rings. The SMILES string of the molecule is Cc1cc(C)c(NS(=O)(=O)CCCCNC(C)C)c(Br)c1. The summed E-state index contributed by atoms with van der Waals surface area (Å²) < 4.78 is 27.7. The Bertz CT molecular complexity index is 548. The van der Waals surface area contributed by atoms with Crippen molar-refractivity contribution in [2.24, 2.45) is 0 Å². The van der Waals surface area contributed by atoms with Crippen LogP contribution in [0.4, 0.5) is 5.69 Å². The number of nitrogens with one attached hydrogen (secondary N) is 2. The van der Waals surface area contributed by atoms with E-state index in [1.165, 1.54) is 0 Å². The molecule has 0 atom stereocenters. The predicted molar refractivity (Wildman–Crippen MR) is 93.4 cm³/mol. The van der Waals surface area contributed by atoms with Crippen molar-refractivity contribution in [3.05, 3.63) is 27.7 Å². The summed E-state index contributed by atoms with van der Waals surface area (Å²) in [6.07, 6.45) is 1.50. The quantitative estimate of drug-likeness (QED) is 0.681. The van der Waals surface area contributed by atoms with Crippen LogP contribution in [-0.4, -0.2) is 26.8 Å². The molecule has 6 heteroatoms. The van der Waals surface area contributed by atoms with E-state index in [0.717, 1.165) is 28.6 Å². The van der Waals surface area contributed by atoms with Gasteiger partial charge in [-0.2, -0.15) is 0 Å². The Kier molecular flexibility index (Phi) is 7.16. The van der Waals surface area contributed by atoms with E-state index in [4.69, 9.17) is 0 Å². The molecule has 1 aromatic carbocycles. The van der Waals surface area contributed by atoms with Gasteiger partial charge in [-0.25, -0.2) is 8.42 Å². The van der Waals surface area contributed by atoms with Gasteiger partial charge >= 0.3 is 0 Å². The van der Waals surface area contributed by atoms with Crippen molar-refractivity contribution < 1.29 is 8.42 Å². The molecule has 0 radical (unpaired) electrons. The van der Waals surface area contributed by atoms with Gasteiger partial charge in [-0.05, 0) is 66.4 Å². The standard InChI is InChI=1S/C15H25BrN2O2S/c1-11(2)17-7-5-6-8-21(19,20)18-15-13(4)9-12(3)10-14(15)16/h9-11,17-18H,5-8H2,1-4H3. The molecule has 4 nitrogen and oxygen atoms in total. The summed E-state index contributed by atoms with van der Waals surface area (Å²) in [4.78, 5) is 0. The Morgan fingerprint density at radius 3 is 2.43 bits per heavy atom. The number of aryl methyl sites for hydroxylation is 2. The predicted octanol–water partition coefficient (Wildman–Crippen LogP) is 3.59. The normalized spacial score (nSPS) is 11.9. The summed E-state index contributed by atoms with van der Waals surface area (Å²) in [6.45, 7) is 8.90. The fraction of sp³-hybridized carbons (Fsp3) is 0.600. The lowest BCUT2D eigenvalue weighted by Gasteiger charge is -2.13. The number of unbranched alkanes of at least 4 members (excludes halogenated alkanes) is 1. The van der Waals surface area contributed by atoms with E-state index < -0.39 is 10.0 Å². The van der Waals surface area contributed by atoms with Crippen molar-refractivity contribution in [1.82, 2.24) is 5.32 Å². The van der Waals surface area contributed by atoms with E-state index >= 15 is 0 Å². The van der Waals surface area contributed by atoms with Crippen LogP contribution in [0.2, 0.25) is 0 Å². The van der Waals surface area contributed by atoms with Crippen LogP contribution in [0.5, 0.6) is 0 Å². The highest BCUT2D eigenvalue weighted by atomic mass is 79.9. The van der Waals surface area contributed by atoms with Gasteiger partial charge in [0.15, 0.2) is 0 Å². The van der Waals surface area contributed by atoms with Crippen LogP contribution in [0.3, 0.4) is 0 Å². The van der Waals surface area contributed by atoms with Gasteiger partial charge in [0, 0.05) is 10.5 Å². The zero-order valence-corrected chi connectivity index (χ0v) is 15.6. The highest BCUT2D eigenvalue weighted by Crippen LogP contribution is 2.28. The average molecular weight is 377 g/mol. The first-order valence-corrected chi connectivity index (χ1v) is 9.66. The van der Waals surface area contributed by atoms with Crippen molar-refractivity contribution in [3.8, 4) is 0 Å². The second kappa shape index (κ2) is 8.15. The summed E-state index contributed by atoms with van der Waals surface area (Å²) in [5, 5.41) is 3.28. The zero-order chi connectivity index (χ0) is 16.0. The van der Waals surface area contributed by atoms with Crippen LogP contribution < -0.4 is 10.0 Å². The first-order chi connectivity index (χ1) is 9.71. The summed E-state index contributed by atoms with van der Waals surface area (Å²) >= 11 is 3.42. The largest absolute Gasteiger partial charge is 0.315 e. The fourth-order valence-corrected chi connectivity index (χ4v) is 4.23. The molecule has 120 valence electrons. The first-order valence-electron chi connectivity index (χ1n) is 7.22. The average Bonchev–Trinajstić information content (AvgIpc) is 2.33. The van der Waals surface area contributed by atoms with Crippen LogP contribution in [0.25, 0.3) is 0 Å². The van der Waals surface area contributed by atoms with Crippen molar-refractivity contribution in [2.45, 2.75) is 46.6 Å². The van der Waals surface area contributed by atoms with Gasteiger partial charge in [-0.1, -0.05) is 19.9 Å². The number of hydrogen-bond donors (Lipinski definition) is 2. The zero-order valence-electron chi connectivity index (χ0n) is 13.2. The Labute approximate surface area is 136 Å². The molecule has 1 aromatic rings. The molecule has 0 heterocycles. The molecule has 0 unspecified atom stereocenters.